The zero-order valence-corrected chi connectivity index (χ0v) is 59.5. The van der Waals surface area contributed by atoms with Gasteiger partial charge in [0.1, 0.15) is 54.3 Å². The first-order valence-corrected chi connectivity index (χ1v) is 31.4. The highest BCUT2D eigenvalue weighted by molar-refractivity contribution is 5.90. The summed E-state index contributed by atoms with van der Waals surface area (Å²) >= 11 is 0. The number of phenolic OH excluding ortho intramolecular Hbond substituents is 4. The standard InChI is InChI=1S/C78H110O12/c1-45(30-50-34-54(70(6,7)8)62(79)55(35-50)71(9,10)11)66(83)87-42-78(43-88-67(84)46(2)31-51-36-56(72(12,13)14)63(80)57(37-51)73(15,16)17,44-89-68(85)47(3)32-52-38-58(74(18,19)20)64(81)59(39-52)75(21,22)23)49(5)90-69(86)48(4)33-53-40-60(76(24,25)26)65(82)61(41-53)77(27,28)29/h34-41,49,79-82H,1-4,30-33,42-44H2,5-29H3. The first kappa shape index (κ1) is 75.4. The van der Waals surface area contributed by atoms with Crippen LogP contribution in [0.5, 0.6) is 23.0 Å². The summed E-state index contributed by atoms with van der Waals surface area (Å²) in [6.45, 7) is 64.0. The number of rotatable bonds is 20. The molecule has 0 spiro atoms. The minimum Gasteiger partial charge on any atom is -0.507 e. The predicted octanol–water partition coefficient (Wildman–Crippen LogP) is 16.9. The summed E-state index contributed by atoms with van der Waals surface area (Å²) in [5.74, 6) is -2.70. The fourth-order valence-electron chi connectivity index (χ4n) is 10.8. The van der Waals surface area contributed by atoms with Gasteiger partial charge in [-0.15, -0.1) is 0 Å². The van der Waals surface area contributed by atoms with Gasteiger partial charge >= 0.3 is 23.9 Å². The minimum absolute atomic E-state index is 0.0186. The van der Waals surface area contributed by atoms with Gasteiger partial charge in [-0.05, 0) is 117 Å². The van der Waals surface area contributed by atoms with Gasteiger partial charge < -0.3 is 39.4 Å². The van der Waals surface area contributed by atoms with Crippen LogP contribution in [-0.2, 0) is 107 Å². The van der Waals surface area contributed by atoms with Crippen LogP contribution < -0.4 is 0 Å². The number of esters is 4. The number of benzene rings is 4. The van der Waals surface area contributed by atoms with E-state index in [0.717, 1.165) is 0 Å². The molecule has 4 N–H and O–H groups in total. The topological polar surface area (TPSA) is 186 Å². The molecule has 90 heavy (non-hydrogen) atoms. The molecular formula is C78H110O12. The Kier molecular flexibility index (Phi) is 22.6. The average molecular weight is 1240 g/mol. The second-order valence-electron chi connectivity index (χ2n) is 33.4. The summed E-state index contributed by atoms with van der Waals surface area (Å²) < 4.78 is 24.9. The van der Waals surface area contributed by atoms with E-state index in [9.17, 15) is 39.6 Å². The smallest absolute Gasteiger partial charge is 0.334 e. The maximum absolute atomic E-state index is 14.7. The van der Waals surface area contributed by atoms with Gasteiger partial charge in [-0.1, -0.05) is 241 Å². The number of hydrogen-bond acceptors (Lipinski definition) is 12. The zero-order chi connectivity index (χ0) is 69.4. The van der Waals surface area contributed by atoms with Gasteiger partial charge in [-0.25, -0.2) is 19.2 Å². The quantitative estimate of drug-likeness (QED) is 0.0373. The van der Waals surface area contributed by atoms with Crippen molar-refractivity contribution >= 4 is 23.9 Å². The molecule has 1 unspecified atom stereocenters. The van der Waals surface area contributed by atoms with E-state index in [-0.39, 0.29) is 71.0 Å². The van der Waals surface area contributed by atoms with Gasteiger partial charge in [-0.3, -0.25) is 0 Å². The van der Waals surface area contributed by atoms with Gasteiger partial charge in [0.25, 0.3) is 0 Å². The second-order valence-corrected chi connectivity index (χ2v) is 33.4. The molecule has 12 nitrogen and oxygen atoms in total. The van der Waals surface area contributed by atoms with Crippen LogP contribution in [0.4, 0.5) is 0 Å². The second kappa shape index (κ2) is 27.0. The van der Waals surface area contributed by atoms with Crippen molar-refractivity contribution in [2.75, 3.05) is 19.8 Å². The summed E-state index contributed by atoms with van der Waals surface area (Å²) in [4.78, 5) is 58.3. The molecule has 494 valence electrons. The zero-order valence-electron chi connectivity index (χ0n) is 59.5. The monoisotopic (exact) mass is 1240 g/mol. The number of carbonyl (C=O) groups is 4. The fraction of sp³-hybridized carbons (Fsp3) is 0.538. The Morgan fingerprint density at radius 3 is 0.633 bits per heavy atom. The van der Waals surface area contributed by atoms with Gasteiger partial charge in [0.05, 0.1) is 0 Å². The lowest BCUT2D eigenvalue weighted by Gasteiger charge is -2.37. The van der Waals surface area contributed by atoms with Crippen molar-refractivity contribution in [3.8, 4) is 23.0 Å². The summed E-state index contributed by atoms with van der Waals surface area (Å²) in [6, 6.07) is 14.8. The number of aromatic hydroxyl groups is 4. The lowest BCUT2D eigenvalue weighted by atomic mass is 9.78. The third kappa shape index (κ3) is 19.0. The lowest BCUT2D eigenvalue weighted by Crippen LogP contribution is -2.49. The Morgan fingerprint density at radius 2 is 0.478 bits per heavy atom. The summed E-state index contributed by atoms with van der Waals surface area (Å²) in [5.41, 5.74) is 2.86. The van der Waals surface area contributed by atoms with E-state index in [1.807, 2.05) is 215 Å². The number of phenols is 4. The van der Waals surface area contributed by atoms with E-state index in [0.29, 0.717) is 66.8 Å². The van der Waals surface area contributed by atoms with Crippen LogP contribution in [0.1, 0.15) is 240 Å². The van der Waals surface area contributed by atoms with Crippen molar-refractivity contribution < 1.29 is 58.6 Å². The average Bonchev–Trinajstić information content (AvgIpc) is 0.822. The Bertz CT molecular complexity index is 3010. The van der Waals surface area contributed by atoms with E-state index in [2.05, 4.69) is 26.3 Å². The molecule has 4 aromatic rings. The van der Waals surface area contributed by atoms with Gasteiger partial charge in [0.2, 0.25) is 0 Å². The van der Waals surface area contributed by atoms with Crippen LogP contribution in [0.2, 0.25) is 0 Å². The lowest BCUT2D eigenvalue weighted by molar-refractivity contribution is -0.176. The maximum Gasteiger partial charge on any atom is 0.334 e. The Balaban J connectivity index is 1.90. The van der Waals surface area contributed by atoms with Gasteiger partial charge in [0.15, 0.2) is 0 Å². The van der Waals surface area contributed by atoms with Crippen LogP contribution in [0, 0.1) is 5.41 Å². The first-order valence-electron chi connectivity index (χ1n) is 31.4. The van der Waals surface area contributed by atoms with Crippen LogP contribution in [0.15, 0.2) is 97.1 Å². The molecule has 0 bridgehead atoms. The highest BCUT2D eigenvalue weighted by atomic mass is 16.6. The fourth-order valence-corrected chi connectivity index (χ4v) is 10.8. The summed E-state index contributed by atoms with van der Waals surface area (Å²) in [7, 11) is 0. The molecular weight excluding hydrogens is 1130 g/mol. The first-order chi connectivity index (χ1) is 40.5. The normalized spacial score (nSPS) is 13.3. The molecule has 0 aromatic heterocycles. The number of ether oxygens (including phenoxy) is 4. The molecule has 12 heteroatoms. The highest BCUT2D eigenvalue weighted by Crippen LogP contribution is 2.45. The van der Waals surface area contributed by atoms with Crippen molar-refractivity contribution in [1.29, 1.82) is 0 Å². The third-order valence-corrected chi connectivity index (χ3v) is 16.6. The van der Waals surface area contributed by atoms with Crippen LogP contribution in [-0.4, -0.2) is 70.2 Å². The molecule has 0 heterocycles. The molecule has 0 saturated heterocycles. The van der Waals surface area contributed by atoms with Crippen molar-refractivity contribution in [2.24, 2.45) is 5.41 Å². The summed E-state index contributed by atoms with van der Waals surface area (Å²) in [5, 5.41) is 46.1. The van der Waals surface area contributed by atoms with Crippen molar-refractivity contribution in [2.45, 2.75) is 248 Å². The minimum atomic E-state index is -1.85. The van der Waals surface area contributed by atoms with E-state index < -0.39 is 98.5 Å². The Labute approximate surface area is 540 Å². The maximum atomic E-state index is 14.7. The third-order valence-electron chi connectivity index (χ3n) is 16.6. The largest absolute Gasteiger partial charge is 0.507 e. The van der Waals surface area contributed by atoms with Crippen LogP contribution in [0.3, 0.4) is 0 Å². The molecule has 0 aliphatic rings. The van der Waals surface area contributed by atoms with Crippen molar-refractivity contribution in [3.63, 3.8) is 0 Å². The van der Waals surface area contributed by atoms with Gasteiger partial charge in [0, 0.05) is 48.0 Å². The molecule has 0 aliphatic heterocycles. The van der Waals surface area contributed by atoms with E-state index in [4.69, 9.17) is 18.9 Å². The van der Waals surface area contributed by atoms with Crippen molar-refractivity contribution in [1.82, 2.24) is 0 Å². The highest BCUT2D eigenvalue weighted by Gasteiger charge is 2.45. The molecule has 0 saturated carbocycles. The SMILES string of the molecule is C=C(Cc1cc(C(C)(C)C)c(O)c(C(C)(C)C)c1)C(=O)OCC(COC(=O)C(=C)Cc1cc(C(C)(C)C)c(O)c(C(C)(C)C)c1)(COC(=O)C(=C)Cc1cc(C(C)(C)C)c(O)c(C(C)(C)C)c1)C(C)OC(=O)C(=C)Cc1cc(C(C)(C)C)c(O)c(C(C)(C)C)c1. The molecule has 1 atom stereocenters. The molecule has 0 radical (unpaired) electrons. The molecule has 4 aromatic carbocycles. The van der Waals surface area contributed by atoms with E-state index in [1.165, 1.54) is 6.92 Å². The van der Waals surface area contributed by atoms with Crippen LogP contribution in [0.25, 0.3) is 0 Å². The molecule has 0 fully saturated rings. The van der Waals surface area contributed by atoms with Crippen molar-refractivity contribution in [3.05, 3.63) is 164 Å². The van der Waals surface area contributed by atoms with E-state index >= 15 is 0 Å². The Morgan fingerprint density at radius 1 is 0.322 bits per heavy atom. The van der Waals surface area contributed by atoms with Crippen LogP contribution >= 0.6 is 0 Å². The molecule has 0 amide bonds. The molecule has 0 aliphatic carbocycles. The van der Waals surface area contributed by atoms with E-state index in [1.54, 1.807) is 0 Å². The number of hydrogen-bond donors (Lipinski definition) is 4. The predicted molar refractivity (Wildman–Crippen MR) is 364 cm³/mol. The Hall–Kier alpha value is -7.08. The summed E-state index contributed by atoms with van der Waals surface area (Å²) in [6.07, 6.45) is -1.28. The molecule has 4 rings (SSSR count). The number of carbonyl (C=O) groups excluding carboxylic acids is 4. The van der Waals surface area contributed by atoms with Gasteiger partial charge in [-0.2, -0.15) is 0 Å².